The van der Waals surface area contributed by atoms with E-state index in [2.05, 4.69) is 27.4 Å². The number of fused-ring (bicyclic) bond motifs is 2. The Hall–Kier alpha value is -3.22. The van der Waals surface area contributed by atoms with Crippen molar-refractivity contribution in [2.24, 2.45) is 11.8 Å². The van der Waals surface area contributed by atoms with Crippen molar-refractivity contribution in [3.05, 3.63) is 60.0 Å². The molecule has 5 rings (SSSR count). The van der Waals surface area contributed by atoms with Crippen LogP contribution in [-0.4, -0.2) is 50.9 Å². The third-order valence-electron chi connectivity index (χ3n) is 5.50. The van der Waals surface area contributed by atoms with Crippen LogP contribution in [0.5, 0.6) is 0 Å². The highest BCUT2D eigenvalue weighted by Crippen LogP contribution is 2.28. The van der Waals surface area contributed by atoms with E-state index in [1.807, 2.05) is 22.8 Å². The van der Waals surface area contributed by atoms with Crippen LogP contribution in [0.25, 0.3) is 11.2 Å². The van der Waals surface area contributed by atoms with Crippen LogP contribution in [0.15, 0.2) is 48.9 Å². The molecule has 2 saturated heterocycles. The molecule has 2 aromatic heterocycles. The number of aromatic nitrogens is 3. The number of hydrogen-bond donors (Lipinski definition) is 1. The highest BCUT2D eigenvalue weighted by atomic mass is 16.2. The normalized spacial score (nSPS) is 21.5. The zero-order valence-electron chi connectivity index (χ0n) is 14.7. The van der Waals surface area contributed by atoms with E-state index in [4.69, 9.17) is 0 Å². The maximum Gasteiger partial charge on any atom is 0.255 e. The molecule has 0 aliphatic carbocycles. The minimum absolute atomic E-state index is 0.0588. The number of rotatable bonds is 3. The number of likely N-dealkylation sites (tertiary alicyclic amines) is 1. The lowest BCUT2D eigenvalue weighted by molar-refractivity contribution is -0.122. The van der Waals surface area contributed by atoms with E-state index in [0.29, 0.717) is 37.3 Å². The molecule has 0 saturated carbocycles. The van der Waals surface area contributed by atoms with Crippen molar-refractivity contribution in [3.8, 4) is 0 Å². The van der Waals surface area contributed by atoms with Gasteiger partial charge in [0.1, 0.15) is 5.52 Å². The molecule has 4 heterocycles. The van der Waals surface area contributed by atoms with Gasteiger partial charge in [-0.15, -0.1) is 0 Å². The second-order valence-corrected chi connectivity index (χ2v) is 7.25. The lowest BCUT2D eigenvalue weighted by atomic mass is 10.0. The van der Waals surface area contributed by atoms with Gasteiger partial charge in [-0.1, -0.05) is 30.3 Å². The quantitative estimate of drug-likeness (QED) is 0.763. The number of carbonyl (C=O) groups excluding carboxylic acids is 2. The van der Waals surface area contributed by atoms with Gasteiger partial charge < -0.3 is 14.8 Å². The molecule has 0 radical (unpaired) electrons. The number of imidazole rings is 1. The standard InChI is InChI=1S/C20H19N5O2/c26-19-16-11-24(10-15(16)8-22-19)20(27)14-6-17-18(21-7-14)25(12-23-17)9-13-4-2-1-3-5-13/h1-7,12,15-16H,8-11H2,(H,22,26)/t15-,16+/m0/s1. The molecular weight excluding hydrogens is 342 g/mol. The summed E-state index contributed by atoms with van der Waals surface area (Å²) in [4.78, 5) is 35.3. The summed E-state index contributed by atoms with van der Waals surface area (Å²) in [7, 11) is 0. The molecule has 2 atom stereocenters. The van der Waals surface area contributed by atoms with Crippen molar-refractivity contribution < 1.29 is 9.59 Å². The van der Waals surface area contributed by atoms with Gasteiger partial charge in [-0.3, -0.25) is 9.59 Å². The van der Waals surface area contributed by atoms with E-state index in [0.717, 1.165) is 5.65 Å². The molecule has 2 aliphatic heterocycles. The van der Waals surface area contributed by atoms with Crippen LogP contribution >= 0.6 is 0 Å². The second-order valence-electron chi connectivity index (χ2n) is 7.25. The van der Waals surface area contributed by atoms with Gasteiger partial charge in [0.2, 0.25) is 5.91 Å². The summed E-state index contributed by atoms with van der Waals surface area (Å²) < 4.78 is 1.98. The van der Waals surface area contributed by atoms with Gasteiger partial charge in [-0.2, -0.15) is 0 Å². The van der Waals surface area contributed by atoms with Gasteiger partial charge in [0.25, 0.3) is 5.91 Å². The van der Waals surface area contributed by atoms with E-state index in [1.165, 1.54) is 5.56 Å². The number of hydrogen-bond acceptors (Lipinski definition) is 4. The Morgan fingerprint density at radius 2 is 2.04 bits per heavy atom. The van der Waals surface area contributed by atoms with Gasteiger partial charge in [-0.05, 0) is 11.6 Å². The second kappa shape index (κ2) is 6.19. The Balaban J connectivity index is 1.37. The fourth-order valence-electron chi connectivity index (χ4n) is 4.05. The minimum atomic E-state index is -0.0794. The molecule has 2 amide bonds. The highest BCUT2D eigenvalue weighted by Gasteiger charge is 2.43. The van der Waals surface area contributed by atoms with Crippen molar-refractivity contribution in [1.29, 1.82) is 0 Å². The maximum atomic E-state index is 12.8. The molecule has 3 aromatic rings. The average Bonchev–Trinajstić information content (AvgIpc) is 3.38. The summed E-state index contributed by atoms with van der Waals surface area (Å²) in [6.07, 6.45) is 3.37. The van der Waals surface area contributed by atoms with Gasteiger partial charge in [0.05, 0.1) is 24.4 Å². The predicted octanol–water partition coefficient (Wildman–Crippen LogP) is 1.30. The first-order valence-corrected chi connectivity index (χ1v) is 9.11. The highest BCUT2D eigenvalue weighted by molar-refractivity contribution is 5.97. The summed E-state index contributed by atoms with van der Waals surface area (Å²) >= 11 is 0. The summed E-state index contributed by atoms with van der Waals surface area (Å²) in [5.41, 5.74) is 3.15. The molecule has 0 bridgehead atoms. The van der Waals surface area contributed by atoms with E-state index in [9.17, 15) is 9.59 Å². The number of nitrogens with zero attached hydrogens (tertiary/aromatic N) is 4. The number of pyridine rings is 1. The maximum absolute atomic E-state index is 12.8. The lowest BCUT2D eigenvalue weighted by Crippen LogP contribution is -2.33. The molecule has 136 valence electrons. The van der Waals surface area contributed by atoms with Crippen molar-refractivity contribution in [2.75, 3.05) is 19.6 Å². The van der Waals surface area contributed by atoms with Crippen LogP contribution < -0.4 is 5.32 Å². The summed E-state index contributed by atoms with van der Waals surface area (Å²) in [6.45, 7) is 2.44. The number of amides is 2. The fraction of sp³-hybridized carbons (Fsp3) is 0.300. The van der Waals surface area contributed by atoms with Crippen LogP contribution in [-0.2, 0) is 11.3 Å². The van der Waals surface area contributed by atoms with Crippen LogP contribution in [0, 0.1) is 11.8 Å². The number of benzene rings is 1. The molecule has 0 unspecified atom stereocenters. The van der Waals surface area contributed by atoms with Gasteiger partial charge in [0.15, 0.2) is 5.65 Å². The van der Waals surface area contributed by atoms with Crippen molar-refractivity contribution in [1.82, 2.24) is 24.8 Å². The Morgan fingerprint density at radius 3 is 2.85 bits per heavy atom. The molecule has 7 heteroatoms. The zero-order valence-corrected chi connectivity index (χ0v) is 14.7. The van der Waals surface area contributed by atoms with Gasteiger partial charge in [-0.25, -0.2) is 9.97 Å². The first-order chi connectivity index (χ1) is 13.2. The van der Waals surface area contributed by atoms with E-state index in [-0.39, 0.29) is 23.7 Å². The summed E-state index contributed by atoms with van der Waals surface area (Å²) in [5, 5.41) is 2.87. The van der Waals surface area contributed by atoms with E-state index in [1.54, 1.807) is 23.5 Å². The monoisotopic (exact) mass is 361 g/mol. The van der Waals surface area contributed by atoms with Crippen LogP contribution in [0.1, 0.15) is 15.9 Å². The predicted molar refractivity (Wildman–Crippen MR) is 99.0 cm³/mol. The molecule has 7 nitrogen and oxygen atoms in total. The van der Waals surface area contributed by atoms with Crippen LogP contribution in [0.2, 0.25) is 0 Å². The minimum Gasteiger partial charge on any atom is -0.355 e. The third-order valence-corrected chi connectivity index (χ3v) is 5.50. The molecule has 1 N–H and O–H groups in total. The molecule has 1 aromatic carbocycles. The third kappa shape index (κ3) is 2.75. The SMILES string of the molecule is O=C1NC[C@H]2CN(C(=O)c3cnc4c(c3)ncn4Cc3ccccc3)C[C@@H]12. The van der Waals surface area contributed by atoms with Crippen molar-refractivity contribution in [2.45, 2.75) is 6.54 Å². The first kappa shape index (κ1) is 16.0. The first-order valence-electron chi connectivity index (χ1n) is 9.11. The van der Waals surface area contributed by atoms with E-state index >= 15 is 0 Å². The van der Waals surface area contributed by atoms with Gasteiger partial charge in [0, 0.05) is 31.7 Å². The lowest BCUT2D eigenvalue weighted by Gasteiger charge is -2.17. The van der Waals surface area contributed by atoms with E-state index < -0.39 is 0 Å². The largest absolute Gasteiger partial charge is 0.355 e. The summed E-state index contributed by atoms with van der Waals surface area (Å²) in [6, 6.07) is 11.9. The molecule has 2 fully saturated rings. The Labute approximate surface area is 156 Å². The Kier molecular flexibility index (Phi) is 3.67. The zero-order chi connectivity index (χ0) is 18.4. The Morgan fingerprint density at radius 1 is 1.19 bits per heavy atom. The van der Waals surface area contributed by atoms with Crippen molar-refractivity contribution >= 4 is 23.0 Å². The topological polar surface area (TPSA) is 80.1 Å². The average molecular weight is 361 g/mol. The van der Waals surface area contributed by atoms with Crippen molar-refractivity contribution in [3.63, 3.8) is 0 Å². The smallest absolute Gasteiger partial charge is 0.255 e. The summed E-state index contributed by atoms with van der Waals surface area (Å²) in [5.74, 6) is 0.131. The molecular formula is C20H19N5O2. The molecule has 0 spiro atoms. The van der Waals surface area contributed by atoms with Crippen LogP contribution in [0.4, 0.5) is 0 Å². The van der Waals surface area contributed by atoms with Gasteiger partial charge >= 0.3 is 0 Å². The number of carbonyl (C=O) groups is 2. The Bertz CT molecular complexity index is 1030. The molecule has 27 heavy (non-hydrogen) atoms. The number of nitrogens with one attached hydrogen (secondary N) is 1. The fourth-order valence-corrected chi connectivity index (χ4v) is 4.05. The van der Waals surface area contributed by atoms with Crippen LogP contribution in [0.3, 0.4) is 0 Å². The molecule has 2 aliphatic rings.